The molecule has 0 aliphatic carbocycles. The highest BCUT2D eigenvalue weighted by Gasteiger charge is 2.33. The van der Waals surface area contributed by atoms with Crippen molar-refractivity contribution < 1.29 is 9.84 Å². The van der Waals surface area contributed by atoms with Gasteiger partial charge in [0.05, 0.1) is 6.61 Å². The molecule has 64 valence electrons. The number of aliphatic imine (C=N–C) groups is 1. The van der Waals surface area contributed by atoms with Gasteiger partial charge in [-0.2, -0.15) is 0 Å². The average molecular weight is 157 g/mol. The third-order valence-corrected chi connectivity index (χ3v) is 1.95. The number of hydrogen-bond acceptors (Lipinski definition) is 3. The van der Waals surface area contributed by atoms with E-state index in [1.807, 2.05) is 6.92 Å². The minimum atomic E-state index is -0.321. The zero-order chi connectivity index (χ0) is 8.32. The van der Waals surface area contributed by atoms with E-state index in [4.69, 9.17) is 9.84 Å². The standard InChI is InChI=1S/C8H15NO2/c1-3-4-8(5-10)6-11-7(2)9-8/h10H,3-6H2,1-2H3. The lowest BCUT2D eigenvalue weighted by Crippen LogP contribution is -2.32. The molecule has 11 heavy (non-hydrogen) atoms. The van der Waals surface area contributed by atoms with Crippen molar-refractivity contribution in [2.75, 3.05) is 13.2 Å². The lowest BCUT2D eigenvalue weighted by molar-refractivity contribution is 0.149. The first-order valence-corrected chi connectivity index (χ1v) is 4.02. The molecule has 0 amide bonds. The Morgan fingerprint density at radius 2 is 2.45 bits per heavy atom. The number of aliphatic hydroxyl groups is 1. The number of nitrogens with zero attached hydrogens (tertiary/aromatic N) is 1. The summed E-state index contributed by atoms with van der Waals surface area (Å²) >= 11 is 0. The van der Waals surface area contributed by atoms with Gasteiger partial charge < -0.3 is 9.84 Å². The molecular weight excluding hydrogens is 142 g/mol. The summed E-state index contributed by atoms with van der Waals surface area (Å²) in [5.74, 6) is 0.701. The van der Waals surface area contributed by atoms with E-state index >= 15 is 0 Å². The summed E-state index contributed by atoms with van der Waals surface area (Å²) in [7, 11) is 0. The molecule has 0 spiro atoms. The molecule has 0 saturated carbocycles. The van der Waals surface area contributed by atoms with Crippen LogP contribution in [0.3, 0.4) is 0 Å². The van der Waals surface area contributed by atoms with Gasteiger partial charge in [0, 0.05) is 6.92 Å². The van der Waals surface area contributed by atoms with Crippen molar-refractivity contribution in [3.05, 3.63) is 0 Å². The number of ether oxygens (including phenoxy) is 1. The Bertz CT molecular complexity index is 167. The molecule has 1 rings (SSSR count). The van der Waals surface area contributed by atoms with Gasteiger partial charge in [0.15, 0.2) is 5.90 Å². The maximum Gasteiger partial charge on any atom is 0.180 e. The van der Waals surface area contributed by atoms with Crippen LogP contribution in [0.5, 0.6) is 0 Å². The van der Waals surface area contributed by atoms with Crippen LogP contribution in [-0.2, 0) is 4.74 Å². The molecule has 0 bridgehead atoms. The fourth-order valence-corrected chi connectivity index (χ4v) is 1.39. The zero-order valence-corrected chi connectivity index (χ0v) is 7.13. The third-order valence-electron chi connectivity index (χ3n) is 1.95. The Kier molecular flexibility index (Phi) is 2.49. The SMILES string of the molecule is CCCC1(CO)COC(C)=N1. The van der Waals surface area contributed by atoms with Crippen LogP contribution in [0.15, 0.2) is 4.99 Å². The monoisotopic (exact) mass is 157 g/mol. The smallest absolute Gasteiger partial charge is 0.180 e. The van der Waals surface area contributed by atoms with Gasteiger partial charge in [0.25, 0.3) is 0 Å². The molecule has 1 atom stereocenters. The highest BCUT2D eigenvalue weighted by atomic mass is 16.5. The van der Waals surface area contributed by atoms with Crippen molar-refractivity contribution in [2.45, 2.75) is 32.2 Å². The van der Waals surface area contributed by atoms with Crippen molar-refractivity contribution in [1.82, 2.24) is 0 Å². The molecule has 1 N–H and O–H groups in total. The Morgan fingerprint density at radius 3 is 2.82 bits per heavy atom. The molecule has 0 aromatic carbocycles. The summed E-state index contributed by atoms with van der Waals surface area (Å²) in [6, 6.07) is 0. The van der Waals surface area contributed by atoms with E-state index < -0.39 is 0 Å². The summed E-state index contributed by atoms with van der Waals surface area (Å²) in [6.07, 6.45) is 1.93. The minimum absolute atomic E-state index is 0.0954. The van der Waals surface area contributed by atoms with Gasteiger partial charge in [-0.3, -0.25) is 0 Å². The first kappa shape index (κ1) is 8.53. The van der Waals surface area contributed by atoms with Crippen molar-refractivity contribution in [2.24, 2.45) is 4.99 Å². The number of hydrogen-bond donors (Lipinski definition) is 1. The second-order valence-corrected chi connectivity index (χ2v) is 3.05. The van der Waals surface area contributed by atoms with Gasteiger partial charge in [-0.05, 0) is 6.42 Å². The van der Waals surface area contributed by atoms with Crippen LogP contribution in [-0.4, -0.2) is 29.8 Å². The molecule has 3 heteroatoms. The predicted molar refractivity (Wildman–Crippen MR) is 43.8 cm³/mol. The van der Waals surface area contributed by atoms with Gasteiger partial charge in [-0.25, -0.2) is 4.99 Å². The van der Waals surface area contributed by atoms with E-state index in [0.29, 0.717) is 12.5 Å². The lowest BCUT2D eigenvalue weighted by Gasteiger charge is -2.19. The molecule has 0 saturated heterocycles. The van der Waals surface area contributed by atoms with E-state index in [0.717, 1.165) is 12.8 Å². The molecule has 0 fully saturated rings. The molecule has 0 aromatic rings. The Labute approximate surface area is 67.1 Å². The van der Waals surface area contributed by atoms with Gasteiger partial charge in [0.1, 0.15) is 12.1 Å². The fourth-order valence-electron chi connectivity index (χ4n) is 1.39. The first-order valence-electron chi connectivity index (χ1n) is 4.02. The summed E-state index contributed by atoms with van der Waals surface area (Å²) in [4.78, 5) is 4.27. The van der Waals surface area contributed by atoms with Gasteiger partial charge in [-0.1, -0.05) is 13.3 Å². The molecule has 3 nitrogen and oxygen atoms in total. The van der Waals surface area contributed by atoms with Crippen LogP contribution in [0, 0.1) is 0 Å². The van der Waals surface area contributed by atoms with E-state index in [-0.39, 0.29) is 12.1 Å². The maximum absolute atomic E-state index is 9.08. The molecule has 1 unspecified atom stereocenters. The van der Waals surface area contributed by atoms with Crippen LogP contribution in [0.1, 0.15) is 26.7 Å². The summed E-state index contributed by atoms with van der Waals surface area (Å²) < 4.78 is 5.20. The summed E-state index contributed by atoms with van der Waals surface area (Å²) in [5.41, 5.74) is -0.321. The van der Waals surface area contributed by atoms with Gasteiger partial charge in [-0.15, -0.1) is 0 Å². The Hall–Kier alpha value is -0.570. The normalized spacial score (nSPS) is 29.9. The summed E-state index contributed by atoms with van der Waals surface area (Å²) in [5, 5.41) is 9.08. The highest BCUT2D eigenvalue weighted by molar-refractivity contribution is 5.75. The molecule has 0 radical (unpaired) electrons. The average Bonchev–Trinajstić information content (AvgIpc) is 2.34. The van der Waals surface area contributed by atoms with Crippen LogP contribution in [0.2, 0.25) is 0 Å². The third kappa shape index (κ3) is 1.71. The topological polar surface area (TPSA) is 41.8 Å². The Balaban J connectivity index is 2.62. The van der Waals surface area contributed by atoms with Crippen LogP contribution >= 0.6 is 0 Å². The Morgan fingerprint density at radius 1 is 1.73 bits per heavy atom. The van der Waals surface area contributed by atoms with E-state index in [1.165, 1.54) is 0 Å². The van der Waals surface area contributed by atoms with E-state index in [2.05, 4.69) is 11.9 Å². The molecule has 1 aliphatic rings. The maximum atomic E-state index is 9.08. The second kappa shape index (κ2) is 3.22. The predicted octanol–water partition coefficient (Wildman–Crippen LogP) is 0.966. The highest BCUT2D eigenvalue weighted by Crippen LogP contribution is 2.23. The lowest BCUT2D eigenvalue weighted by atomic mass is 9.97. The largest absolute Gasteiger partial charge is 0.479 e. The second-order valence-electron chi connectivity index (χ2n) is 3.05. The quantitative estimate of drug-likeness (QED) is 0.663. The summed E-state index contributed by atoms with van der Waals surface area (Å²) in [6.45, 7) is 4.55. The van der Waals surface area contributed by atoms with Gasteiger partial charge in [0.2, 0.25) is 0 Å². The molecule has 0 aromatic heterocycles. The van der Waals surface area contributed by atoms with Crippen LogP contribution < -0.4 is 0 Å². The molecule has 1 heterocycles. The molecular formula is C8H15NO2. The van der Waals surface area contributed by atoms with Crippen LogP contribution in [0.4, 0.5) is 0 Å². The fraction of sp³-hybridized carbons (Fsp3) is 0.875. The number of aliphatic hydroxyl groups excluding tert-OH is 1. The van der Waals surface area contributed by atoms with Gasteiger partial charge >= 0.3 is 0 Å². The van der Waals surface area contributed by atoms with E-state index in [9.17, 15) is 0 Å². The van der Waals surface area contributed by atoms with Crippen molar-refractivity contribution >= 4 is 5.90 Å². The van der Waals surface area contributed by atoms with Crippen molar-refractivity contribution in [3.8, 4) is 0 Å². The minimum Gasteiger partial charge on any atom is -0.479 e. The van der Waals surface area contributed by atoms with E-state index in [1.54, 1.807) is 0 Å². The van der Waals surface area contributed by atoms with Crippen LogP contribution in [0.25, 0.3) is 0 Å². The molecule has 1 aliphatic heterocycles. The van der Waals surface area contributed by atoms with Crippen molar-refractivity contribution in [1.29, 1.82) is 0 Å². The zero-order valence-electron chi connectivity index (χ0n) is 7.13. The first-order chi connectivity index (χ1) is 5.22. The number of rotatable bonds is 3. The van der Waals surface area contributed by atoms with Crippen molar-refractivity contribution in [3.63, 3.8) is 0 Å².